The van der Waals surface area contributed by atoms with Gasteiger partial charge in [-0.25, -0.2) is 0 Å². The molecule has 0 unspecified atom stereocenters. The standard InChI is InChI=1S/C10H20N2/c1-3-12(4-2)9-10-5-7-11-8-6-10/h5,11H,3-4,6-9H2,1-2H3. The van der Waals surface area contributed by atoms with Gasteiger partial charge in [0.15, 0.2) is 0 Å². The van der Waals surface area contributed by atoms with Crippen molar-refractivity contribution in [1.29, 1.82) is 0 Å². The average molecular weight is 168 g/mol. The number of likely N-dealkylation sites (N-methyl/N-ethyl adjacent to an activating group) is 1. The summed E-state index contributed by atoms with van der Waals surface area (Å²) >= 11 is 0. The molecule has 0 amide bonds. The quantitative estimate of drug-likeness (QED) is 0.636. The van der Waals surface area contributed by atoms with Gasteiger partial charge < -0.3 is 5.32 Å². The molecule has 0 aromatic heterocycles. The summed E-state index contributed by atoms with van der Waals surface area (Å²) < 4.78 is 0. The Morgan fingerprint density at radius 3 is 2.67 bits per heavy atom. The smallest absolute Gasteiger partial charge is 0.0193 e. The van der Waals surface area contributed by atoms with E-state index in [1.54, 1.807) is 5.57 Å². The van der Waals surface area contributed by atoms with Crippen LogP contribution < -0.4 is 5.32 Å². The van der Waals surface area contributed by atoms with Crippen LogP contribution in [0, 0.1) is 0 Å². The lowest BCUT2D eigenvalue weighted by molar-refractivity contribution is 0.324. The van der Waals surface area contributed by atoms with Crippen LogP contribution in [0.3, 0.4) is 0 Å². The van der Waals surface area contributed by atoms with E-state index >= 15 is 0 Å². The molecule has 12 heavy (non-hydrogen) atoms. The van der Waals surface area contributed by atoms with Crippen molar-refractivity contribution in [2.45, 2.75) is 20.3 Å². The van der Waals surface area contributed by atoms with E-state index in [9.17, 15) is 0 Å². The predicted octanol–water partition coefficient (Wildman–Crippen LogP) is 1.25. The number of nitrogens with zero attached hydrogens (tertiary/aromatic N) is 1. The van der Waals surface area contributed by atoms with Crippen LogP contribution in [-0.2, 0) is 0 Å². The second kappa shape index (κ2) is 5.33. The molecule has 1 aliphatic rings. The van der Waals surface area contributed by atoms with Gasteiger partial charge in [0.2, 0.25) is 0 Å². The van der Waals surface area contributed by atoms with Crippen molar-refractivity contribution in [1.82, 2.24) is 10.2 Å². The molecular weight excluding hydrogens is 148 g/mol. The number of hydrogen-bond donors (Lipinski definition) is 1. The molecule has 0 aromatic rings. The fourth-order valence-electron chi connectivity index (χ4n) is 1.55. The second-order valence-electron chi connectivity index (χ2n) is 3.28. The Balaban J connectivity index is 2.32. The molecule has 1 rings (SSSR count). The van der Waals surface area contributed by atoms with Crippen LogP contribution >= 0.6 is 0 Å². The van der Waals surface area contributed by atoms with Crippen LogP contribution in [0.5, 0.6) is 0 Å². The topological polar surface area (TPSA) is 15.3 Å². The molecule has 1 aliphatic heterocycles. The van der Waals surface area contributed by atoms with Crippen LogP contribution in [0.15, 0.2) is 11.6 Å². The first-order valence-corrected chi connectivity index (χ1v) is 4.97. The molecule has 2 heteroatoms. The molecule has 0 saturated heterocycles. The second-order valence-corrected chi connectivity index (χ2v) is 3.28. The van der Waals surface area contributed by atoms with Crippen molar-refractivity contribution in [3.63, 3.8) is 0 Å². The van der Waals surface area contributed by atoms with Crippen LogP contribution in [-0.4, -0.2) is 37.6 Å². The first kappa shape index (κ1) is 9.75. The van der Waals surface area contributed by atoms with Gasteiger partial charge in [0.05, 0.1) is 0 Å². The van der Waals surface area contributed by atoms with E-state index < -0.39 is 0 Å². The summed E-state index contributed by atoms with van der Waals surface area (Å²) in [5.41, 5.74) is 1.61. The van der Waals surface area contributed by atoms with Crippen LogP contribution in [0.2, 0.25) is 0 Å². The van der Waals surface area contributed by atoms with Crippen molar-refractivity contribution in [2.24, 2.45) is 0 Å². The van der Waals surface area contributed by atoms with E-state index in [1.165, 1.54) is 26.1 Å². The first-order valence-electron chi connectivity index (χ1n) is 4.97. The van der Waals surface area contributed by atoms with E-state index in [1.807, 2.05) is 0 Å². The zero-order chi connectivity index (χ0) is 8.81. The van der Waals surface area contributed by atoms with E-state index in [0.717, 1.165) is 13.1 Å². The monoisotopic (exact) mass is 168 g/mol. The van der Waals surface area contributed by atoms with Crippen molar-refractivity contribution in [2.75, 3.05) is 32.7 Å². The normalized spacial score (nSPS) is 18.1. The molecule has 0 aliphatic carbocycles. The van der Waals surface area contributed by atoms with Gasteiger partial charge in [-0.05, 0) is 26.1 Å². The Morgan fingerprint density at radius 1 is 1.42 bits per heavy atom. The zero-order valence-electron chi connectivity index (χ0n) is 8.27. The molecule has 0 aromatic carbocycles. The molecule has 0 bridgehead atoms. The third-order valence-corrected chi connectivity index (χ3v) is 2.48. The third-order valence-electron chi connectivity index (χ3n) is 2.48. The summed E-state index contributed by atoms with van der Waals surface area (Å²) in [4.78, 5) is 2.47. The Labute approximate surface area is 75.6 Å². The fraction of sp³-hybridized carbons (Fsp3) is 0.800. The number of rotatable bonds is 4. The number of nitrogens with one attached hydrogen (secondary N) is 1. The first-order chi connectivity index (χ1) is 5.86. The van der Waals surface area contributed by atoms with E-state index in [-0.39, 0.29) is 0 Å². The van der Waals surface area contributed by atoms with Gasteiger partial charge in [0.1, 0.15) is 0 Å². The minimum Gasteiger partial charge on any atom is -0.313 e. The van der Waals surface area contributed by atoms with Crippen molar-refractivity contribution < 1.29 is 0 Å². The SMILES string of the molecule is CCN(CC)CC1=CCNCC1. The lowest BCUT2D eigenvalue weighted by Gasteiger charge is -2.22. The highest BCUT2D eigenvalue weighted by Gasteiger charge is 2.05. The minimum atomic E-state index is 1.07. The summed E-state index contributed by atoms with van der Waals surface area (Å²) in [7, 11) is 0. The maximum atomic E-state index is 3.33. The molecule has 0 spiro atoms. The zero-order valence-corrected chi connectivity index (χ0v) is 8.27. The summed E-state index contributed by atoms with van der Waals surface area (Å²) in [5.74, 6) is 0. The molecular formula is C10H20N2. The lowest BCUT2D eigenvalue weighted by atomic mass is 10.1. The Bertz CT molecular complexity index is 148. The highest BCUT2D eigenvalue weighted by atomic mass is 15.1. The van der Waals surface area contributed by atoms with E-state index in [0.29, 0.717) is 0 Å². The molecule has 1 heterocycles. The maximum Gasteiger partial charge on any atom is 0.0193 e. The van der Waals surface area contributed by atoms with Gasteiger partial charge >= 0.3 is 0 Å². The van der Waals surface area contributed by atoms with Gasteiger partial charge in [0.25, 0.3) is 0 Å². The Kier molecular flexibility index (Phi) is 4.33. The molecule has 0 saturated carbocycles. The predicted molar refractivity (Wildman–Crippen MR) is 53.4 cm³/mol. The van der Waals surface area contributed by atoms with Gasteiger partial charge in [-0.15, -0.1) is 0 Å². The van der Waals surface area contributed by atoms with Crippen LogP contribution in [0.1, 0.15) is 20.3 Å². The highest BCUT2D eigenvalue weighted by Crippen LogP contribution is 2.06. The average Bonchev–Trinajstić information content (AvgIpc) is 2.16. The lowest BCUT2D eigenvalue weighted by Crippen LogP contribution is -2.29. The summed E-state index contributed by atoms with van der Waals surface area (Å²) in [5, 5.41) is 3.33. The van der Waals surface area contributed by atoms with E-state index in [2.05, 4.69) is 30.1 Å². The largest absolute Gasteiger partial charge is 0.313 e. The van der Waals surface area contributed by atoms with Gasteiger partial charge in [-0.1, -0.05) is 25.5 Å². The molecule has 1 N–H and O–H groups in total. The summed E-state index contributed by atoms with van der Waals surface area (Å²) in [6.45, 7) is 10.2. The van der Waals surface area contributed by atoms with Crippen molar-refractivity contribution in [3.8, 4) is 0 Å². The van der Waals surface area contributed by atoms with Crippen LogP contribution in [0.25, 0.3) is 0 Å². The highest BCUT2D eigenvalue weighted by molar-refractivity contribution is 5.08. The minimum absolute atomic E-state index is 1.07. The van der Waals surface area contributed by atoms with E-state index in [4.69, 9.17) is 0 Å². The van der Waals surface area contributed by atoms with Crippen molar-refractivity contribution >= 4 is 0 Å². The molecule has 0 atom stereocenters. The van der Waals surface area contributed by atoms with Gasteiger partial charge in [-0.3, -0.25) is 4.90 Å². The van der Waals surface area contributed by atoms with Crippen molar-refractivity contribution in [3.05, 3.63) is 11.6 Å². The molecule has 2 nitrogen and oxygen atoms in total. The van der Waals surface area contributed by atoms with Gasteiger partial charge in [-0.2, -0.15) is 0 Å². The molecule has 0 fully saturated rings. The number of hydrogen-bond acceptors (Lipinski definition) is 2. The summed E-state index contributed by atoms with van der Waals surface area (Å²) in [6, 6.07) is 0. The van der Waals surface area contributed by atoms with Crippen LogP contribution in [0.4, 0.5) is 0 Å². The maximum absolute atomic E-state index is 3.33. The molecule has 70 valence electrons. The fourth-order valence-corrected chi connectivity index (χ4v) is 1.55. The third kappa shape index (κ3) is 2.95. The Hall–Kier alpha value is -0.340. The van der Waals surface area contributed by atoms with Gasteiger partial charge in [0, 0.05) is 13.1 Å². The summed E-state index contributed by atoms with van der Waals surface area (Å²) in [6.07, 6.45) is 3.57. The molecule has 0 radical (unpaired) electrons. The Morgan fingerprint density at radius 2 is 2.17 bits per heavy atom.